The predicted octanol–water partition coefficient (Wildman–Crippen LogP) is 2.44. The number of nitrogens with one attached hydrogen (secondary N) is 1. The zero-order chi connectivity index (χ0) is 14.9. The van der Waals surface area contributed by atoms with Crippen LogP contribution >= 0.6 is 0 Å². The molecule has 1 saturated heterocycles. The number of hydrogen-bond donors (Lipinski definition) is 2. The van der Waals surface area contributed by atoms with Gasteiger partial charge >= 0.3 is 0 Å². The van der Waals surface area contributed by atoms with Crippen LogP contribution in [-0.4, -0.2) is 48.3 Å². The second-order valence-corrected chi connectivity index (χ2v) is 6.14. The SMILES string of the molecule is CCC(CCO)NC1CCN(CCc2ccccc2)CC1. The van der Waals surface area contributed by atoms with E-state index in [-0.39, 0.29) is 0 Å². The van der Waals surface area contributed by atoms with Gasteiger partial charge in [0, 0.05) is 25.2 Å². The van der Waals surface area contributed by atoms with Crippen molar-refractivity contribution in [1.82, 2.24) is 10.2 Å². The van der Waals surface area contributed by atoms with E-state index in [1.807, 2.05) is 0 Å². The molecule has 118 valence electrons. The minimum Gasteiger partial charge on any atom is -0.396 e. The zero-order valence-corrected chi connectivity index (χ0v) is 13.3. The molecule has 0 spiro atoms. The molecule has 1 aliphatic heterocycles. The van der Waals surface area contributed by atoms with Gasteiger partial charge in [-0.1, -0.05) is 37.3 Å². The van der Waals surface area contributed by atoms with Crippen molar-refractivity contribution >= 4 is 0 Å². The third-order valence-corrected chi connectivity index (χ3v) is 4.59. The van der Waals surface area contributed by atoms with E-state index < -0.39 is 0 Å². The Bertz CT molecular complexity index is 374. The van der Waals surface area contributed by atoms with Gasteiger partial charge in [-0.2, -0.15) is 0 Å². The van der Waals surface area contributed by atoms with Crippen molar-refractivity contribution in [3.8, 4) is 0 Å². The van der Waals surface area contributed by atoms with Crippen molar-refractivity contribution in [2.45, 2.75) is 51.1 Å². The van der Waals surface area contributed by atoms with Crippen molar-refractivity contribution in [1.29, 1.82) is 0 Å². The fraction of sp³-hybridized carbons (Fsp3) is 0.667. The molecule has 3 heteroatoms. The van der Waals surface area contributed by atoms with E-state index in [9.17, 15) is 0 Å². The van der Waals surface area contributed by atoms with Crippen LogP contribution in [0.2, 0.25) is 0 Å². The molecular formula is C18H30N2O. The average Bonchev–Trinajstić information content (AvgIpc) is 2.54. The van der Waals surface area contributed by atoms with E-state index in [0.717, 1.165) is 19.3 Å². The monoisotopic (exact) mass is 290 g/mol. The molecule has 1 heterocycles. The van der Waals surface area contributed by atoms with Crippen molar-refractivity contribution in [2.75, 3.05) is 26.2 Å². The van der Waals surface area contributed by atoms with Crippen LogP contribution in [0.25, 0.3) is 0 Å². The van der Waals surface area contributed by atoms with E-state index in [4.69, 9.17) is 5.11 Å². The molecule has 1 unspecified atom stereocenters. The number of rotatable bonds is 8. The normalized spacial score (nSPS) is 18.8. The molecule has 21 heavy (non-hydrogen) atoms. The van der Waals surface area contributed by atoms with E-state index in [1.54, 1.807) is 0 Å². The van der Waals surface area contributed by atoms with Crippen LogP contribution in [0, 0.1) is 0 Å². The summed E-state index contributed by atoms with van der Waals surface area (Å²) in [6.07, 6.45) is 5.61. The highest BCUT2D eigenvalue weighted by Gasteiger charge is 2.20. The Morgan fingerprint density at radius 1 is 1.24 bits per heavy atom. The maximum atomic E-state index is 9.07. The summed E-state index contributed by atoms with van der Waals surface area (Å²) < 4.78 is 0. The number of likely N-dealkylation sites (tertiary alicyclic amines) is 1. The minimum absolute atomic E-state index is 0.293. The van der Waals surface area contributed by atoms with E-state index in [2.05, 4.69) is 47.5 Å². The summed E-state index contributed by atoms with van der Waals surface area (Å²) in [6.45, 7) is 6.05. The Balaban J connectivity index is 1.66. The predicted molar refractivity (Wildman–Crippen MR) is 88.5 cm³/mol. The Morgan fingerprint density at radius 3 is 2.57 bits per heavy atom. The first-order valence-corrected chi connectivity index (χ1v) is 8.45. The summed E-state index contributed by atoms with van der Waals surface area (Å²) in [5.74, 6) is 0. The number of nitrogens with zero attached hydrogens (tertiary/aromatic N) is 1. The molecule has 2 rings (SSSR count). The highest BCUT2D eigenvalue weighted by Crippen LogP contribution is 2.13. The Hall–Kier alpha value is -0.900. The van der Waals surface area contributed by atoms with Crippen LogP contribution in [0.3, 0.4) is 0 Å². The molecule has 3 nitrogen and oxygen atoms in total. The first-order chi connectivity index (χ1) is 10.3. The summed E-state index contributed by atoms with van der Waals surface area (Å²) >= 11 is 0. The summed E-state index contributed by atoms with van der Waals surface area (Å²) in [5, 5.41) is 12.8. The number of aliphatic hydroxyl groups is 1. The summed E-state index contributed by atoms with van der Waals surface area (Å²) in [7, 11) is 0. The van der Waals surface area contributed by atoms with Gasteiger partial charge in [-0.05, 0) is 50.8 Å². The number of benzene rings is 1. The molecular weight excluding hydrogens is 260 g/mol. The molecule has 1 aromatic carbocycles. The van der Waals surface area contributed by atoms with Gasteiger partial charge in [0.1, 0.15) is 0 Å². The third kappa shape index (κ3) is 5.77. The fourth-order valence-electron chi connectivity index (χ4n) is 3.15. The van der Waals surface area contributed by atoms with Crippen LogP contribution in [-0.2, 0) is 6.42 Å². The van der Waals surface area contributed by atoms with Crippen molar-refractivity contribution in [3.05, 3.63) is 35.9 Å². The lowest BCUT2D eigenvalue weighted by molar-refractivity contribution is 0.183. The third-order valence-electron chi connectivity index (χ3n) is 4.59. The van der Waals surface area contributed by atoms with E-state index in [0.29, 0.717) is 18.7 Å². The molecule has 1 aliphatic rings. The topological polar surface area (TPSA) is 35.5 Å². The van der Waals surface area contributed by atoms with Crippen molar-refractivity contribution in [2.24, 2.45) is 0 Å². The van der Waals surface area contributed by atoms with Crippen LogP contribution in [0.15, 0.2) is 30.3 Å². The highest BCUT2D eigenvalue weighted by molar-refractivity contribution is 5.14. The van der Waals surface area contributed by atoms with Gasteiger partial charge in [0.05, 0.1) is 0 Å². The smallest absolute Gasteiger partial charge is 0.0445 e. The van der Waals surface area contributed by atoms with Gasteiger partial charge in [0.15, 0.2) is 0 Å². The molecule has 1 aromatic rings. The van der Waals surface area contributed by atoms with Crippen LogP contribution < -0.4 is 5.32 Å². The summed E-state index contributed by atoms with van der Waals surface area (Å²) in [4.78, 5) is 2.58. The maximum absolute atomic E-state index is 9.07. The fourth-order valence-corrected chi connectivity index (χ4v) is 3.15. The molecule has 0 aliphatic carbocycles. The number of hydrogen-bond acceptors (Lipinski definition) is 3. The second-order valence-electron chi connectivity index (χ2n) is 6.14. The first kappa shape index (κ1) is 16.5. The Morgan fingerprint density at radius 2 is 1.95 bits per heavy atom. The molecule has 0 radical (unpaired) electrons. The lowest BCUT2D eigenvalue weighted by Crippen LogP contribution is -2.46. The van der Waals surface area contributed by atoms with Crippen molar-refractivity contribution in [3.63, 3.8) is 0 Å². The van der Waals surface area contributed by atoms with E-state index in [1.165, 1.54) is 38.0 Å². The summed E-state index contributed by atoms with van der Waals surface area (Å²) in [5.41, 5.74) is 1.44. The number of aliphatic hydroxyl groups excluding tert-OH is 1. The average molecular weight is 290 g/mol. The molecule has 0 bridgehead atoms. The quantitative estimate of drug-likeness (QED) is 0.772. The van der Waals surface area contributed by atoms with Crippen LogP contribution in [0.4, 0.5) is 0 Å². The summed E-state index contributed by atoms with van der Waals surface area (Å²) in [6, 6.07) is 11.9. The van der Waals surface area contributed by atoms with Gasteiger partial charge < -0.3 is 15.3 Å². The van der Waals surface area contributed by atoms with Gasteiger partial charge in [-0.15, -0.1) is 0 Å². The molecule has 0 saturated carbocycles. The number of piperidine rings is 1. The maximum Gasteiger partial charge on any atom is 0.0445 e. The lowest BCUT2D eigenvalue weighted by Gasteiger charge is -2.34. The van der Waals surface area contributed by atoms with E-state index >= 15 is 0 Å². The second kappa shape index (κ2) is 9.19. The molecule has 2 N–H and O–H groups in total. The van der Waals surface area contributed by atoms with Gasteiger partial charge in [-0.3, -0.25) is 0 Å². The largest absolute Gasteiger partial charge is 0.396 e. The van der Waals surface area contributed by atoms with Gasteiger partial charge in [0.2, 0.25) is 0 Å². The van der Waals surface area contributed by atoms with Crippen LogP contribution in [0.1, 0.15) is 38.2 Å². The lowest BCUT2D eigenvalue weighted by atomic mass is 10.0. The molecule has 1 atom stereocenters. The van der Waals surface area contributed by atoms with Gasteiger partial charge in [-0.25, -0.2) is 0 Å². The Labute approximate surface area is 129 Å². The van der Waals surface area contributed by atoms with Crippen LogP contribution in [0.5, 0.6) is 0 Å². The molecule has 1 fully saturated rings. The first-order valence-electron chi connectivity index (χ1n) is 8.45. The van der Waals surface area contributed by atoms with Gasteiger partial charge in [0.25, 0.3) is 0 Å². The molecule has 0 aromatic heterocycles. The highest BCUT2D eigenvalue weighted by atomic mass is 16.3. The standard InChI is InChI=1S/C18H30N2O/c1-2-17(11-15-21)19-18-9-13-20(14-10-18)12-8-16-6-4-3-5-7-16/h3-7,17-19,21H,2,8-15H2,1H3. The zero-order valence-electron chi connectivity index (χ0n) is 13.3. The Kier molecular flexibility index (Phi) is 7.20. The minimum atomic E-state index is 0.293. The van der Waals surface area contributed by atoms with Crippen molar-refractivity contribution < 1.29 is 5.11 Å². The molecule has 0 amide bonds.